The van der Waals surface area contributed by atoms with Crippen LogP contribution in [0.15, 0.2) is 41.8 Å². The van der Waals surface area contributed by atoms with E-state index in [0.717, 1.165) is 0 Å². The lowest BCUT2D eigenvalue weighted by Crippen LogP contribution is -2.52. The number of carbonyl (C=O) groups excluding carboxylic acids is 1. The Hall–Kier alpha value is -1.41. The molecule has 1 amide bonds. The molecule has 1 aromatic carbocycles. The molecule has 24 heavy (non-hydrogen) atoms. The summed E-state index contributed by atoms with van der Waals surface area (Å²) in [6.45, 7) is 6.72. The lowest BCUT2D eigenvalue weighted by molar-refractivity contribution is -0.143. The maximum absolute atomic E-state index is 12.6. The fourth-order valence-corrected chi connectivity index (χ4v) is 3.99. The predicted octanol–water partition coefficient (Wildman–Crippen LogP) is 1.76. The highest BCUT2D eigenvalue weighted by molar-refractivity contribution is 7.89. The number of sulfonamides is 1. The van der Waals surface area contributed by atoms with E-state index in [9.17, 15) is 13.2 Å². The van der Waals surface area contributed by atoms with Crippen molar-refractivity contribution in [3.05, 3.63) is 41.9 Å². The molecule has 1 atom stereocenters. The number of hydrogen-bond donors (Lipinski definition) is 0. The van der Waals surface area contributed by atoms with Crippen molar-refractivity contribution < 1.29 is 17.9 Å². The van der Waals surface area contributed by atoms with E-state index in [1.165, 1.54) is 16.4 Å². The fourth-order valence-electron chi connectivity index (χ4n) is 2.45. The Morgan fingerprint density at radius 3 is 2.42 bits per heavy atom. The SMILES string of the molecule is C=CCOC(C)C(=O)N1CCN(S(=O)(=O)c2ccc(Cl)cc2)CC1. The van der Waals surface area contributed by atoms with Crippen molar-refractivity contribution in [1.82, 2.24) is 9.21 Å². The van der Waals surface area contributed by atoms with Crippen LogP contribution in [-0.4, -0.2) is 62.4 Å². The molecule has 0 aromatic heterocycles. The zero-order valence-corrected chi connectivity index (χ0v) is 15.1. The van der Waals surface area contributed by atoms with Crippen LogP contribution in [0.3, 0.4) is 0 Å². The molecule has 8 heteroatoms. The first-order chi connectivity index (χ1) is 11.4. The minimum atomic E-state index is -3.57. The number of piperazine rings is 1. The standard InChI is InChI=1S/C16H21ClN2O4S/c1-3-12-23-13(2)16(20)18-8-10-19(11-9-18)24(21,22)15-6-4-14(17)5-7-15/h3-7,13H,1,8-12H2,2H3. The molecule has 1 heterocycles. The monoisotopic (exact) mass is 372 g/mol. The van der Waals surface area contributed by atoms with Crippen LogP contribution in [0.4, 0.5) is 0 Å². The summed E-state index contributed by atoms with van der Waals surface area (Å²) < 4.78 is 31.9. The number of halogens is 1. The van der Waals surface area contributed by atoms with Gasteiger partial charge in [-0.2, -0.15) is 4.31 Å². The minimum absolute atomic E-state index is 0.139. The van der Waals surface area contributed by atoms with Gasteiger partial charge in [-0.25, -0.2) is 8.42 Å². The van der Waals surface area contributed by atoms with Gasteiger partial charge >= 0.3 is 0 Å². The van der Waals surface area contributed by atoms with Gasteiger partial charge in [-0.3, -0.25) is 4.79 Å². The Morgan fingerprint density at radius 2 is 1.88 bits per heavy atom. The number of nitrogens with zero attached hydrogens (tertiary/aromatic N) is 2. The molecule has 1 aliphatic rings. The minimum Gasteiger partial charge on any atom is -0.365 e. The lowest BCUT2D eigenvalue weighted by atomic mass is 10.3. The van der Waals surface area contributed by atoms with Crippen molar-refractivity contribution in [3.63, 3.8) is 0 Å². The average Bonchev–Trinajstić information content (AvgIpc) is 2.59. The first kappa shape index (κ1) is 18.9. The summed E-state index contributed by atoms with van der Waals surface area (Å²) in [4.78, 5) is 14.1. The summed E-state index contributed by atoms with van der Waals surface area (Å²) in [5.74, 6) is -0.139. The second-order valence-corrected chi connectivity index (χ2v) is 7.82. The molecule has 0 radical (unpaired) electrons. The maximum atomic E-state index is 12.6. The highest BCUT2D eigenvalue weighted by Gasteiger charge is 2.31. The van der Waals surface area contributed by atoms with Gasteiger partial charge in [0.2, 0.25) is 10.0 Å². The number of rotatable bonds is 6. The molecule has 132 valence electrons. The summed E-state index contributed by atoms with van der Waals surface area (Å²) in [6, 6.07) is 6.07. The average molecular weight is 373 g/mol. The number of hydrogen-bond acceptors (Lipinski definition) is 4. The van der Waals surface area contributed by atoms with Gasteiger partial charge in [0.25, 0.3) is 5.91 Å². The molecule has 1 unspecified atom stereocenters. The molecular weight excluding hydrogens is 352 g/mol. The van der Waals surface area contributed by atoms with Gasteiger partial charge in [-0.15, -0.1) is 6.58 Å². The van der Waals surface area contributed by atoms with Crippen LogP contribution >= 0.6 is 11.6 Å². The Kier molecular flexibility index (Phi) is 6.40. The number of amides is 1. The molecule has 0 spiro atoms. The van der Waals surface area contributed by atoms with Crippen LogP contribution in [0, 0.1) is 0 Å². The van der Waals surface area contributed by atoms with Gasteiger partial charge in [0.15, 0.2) is 0 Å². The van der Waals surface area contributed by atoms with Crippen molar-refractivity contribution in [3.8, 4) is 0 Å². The Bertz CT molecular complexity index is 683. The number of ether oxygens (including phenoxy) is 1. The molecule has 0 aliphatic carbocycles. The molecule has 0 saturated carbocycles. The smallest absolute Gasteiger partial charge is 0.251 e. The van der Waals surface area contributed by atoms with Gasteiger partial charge < -0.3 is 9.64 Å². The van der Waals surface area contributed by atoms with E-state index in [2.05, 4.69) is 6.58 Å². The normalized spacial score (nSPS) is 17.5. The maximum Gasteiger partial charge on any atom is 0.251 e. The molecule has 0 N–H and O–H groups in total. The topological polar surface area (TPSA) is 66.9 Å². The van der Waals surface area contributed by atoms with Gasteiger partial charge in [0.1, 0.15) is 6.10 Å². The third-order valence-corrected chi connectivity index (χ3v) is 5.98. The van der Waals surface area contributed by atoms with E-state index in [1.807, 2.05) is 0 Å². The fraction of sp³-hybridized carbons (Fsp3) is 0.438. The summed E-state index contributed by atoms with van der Waals surface area (Å²) in [7, 11) is -3.57. The Labute approximate surface area is 147 Å². The van der Waals surface area contributed by atoms with Crippen molar-refractivity contribution in [1.29, 1.82) is 0 Å². The third kappa shape index (κ3) is 4.36. The van der Waals surface area contributed by atoms with Crippen LogP contribution in [-0.2, 0) is 19.6 Å². The Balaban J connectivity index is 1.98. The highest BCUT2D eigenvalue weighted by Crippen LogP contribution is 2.20. The molecule has 1 aromatic rings. The van der Waals surface area contributed by atoms with Crippen molar-refractivity contribution >= 4 is 27.5 Å². The van der Waals surface area contributed by atoms with Gasteiger partial charge in [-0.1, -0.05) is 17.7 Å². The van der Waals surface area contributed by atoms with Gasteiger partial charge in [0, 0.05) is 31.2 Å². The van der Waals surface area contributed by atoms with Crippen LogP contribution in [0.2, 0.25) is 5.02 Å². The molecule has 6 nitrogen and oxygen atoms in total. The summed E-state index contributed by atoms with van der Waals surface area (Å²) in [5.41, 5.74) is 0. The summed E-state index contributed by atoms with van der Waals surface area (Å²) >= 11 is 5.80. The molecule has 1 fully saturated rings. The van der Waals surface area contributed by atoms with Crippen LogP contribution in [0.25, 0.3) is 0 Å². The van der Waals surface area contributed by atoms with E-state index >= 15 is 0 Å². The van der Waals surface area contributed by atoms with Crippen molar-refractivity contribution in [2.24, 2.45) is 0 Å². The zero-order chi connectivity index (χ0) is 17.7. The highest BCUT2D eigenvalue weighted by atomic mass is 35.5. The van der Waals surface area contributed by atoms with E-state index in [4.69, 9.17) is 16.3 Å². The van der Waals surface area contributed by atoms with Crippen molar-refractivity contribution in [2.75, 3.05) is 32.8 Å². The quantitative estimate of drug-likeness (QED) is 0.714. The Morgan fingerprint density at radius 1 is 1.29 bits per heavy atom. The lowest BCUT2D eigenvalue weighted by Gasteiger charge is -2.35. The van der Waals surface area contributed by atoms with E-state index in [0.29, 0.717) is 24.7 Å². The molecule has 0 bridgehead atoms. The van der Waals surface area contributed by atoms with Gasteiger partial charge in [-0.05, 0) is 31.2 Å². The number of carbonyl (C=O) groups is 1. The van der Waals surface area contributed by atoms with E-state index < -0.39 is 16.1 Å². The van der Waals surface area contributed by atoms with Crippen molar-refractivity contribution in [2.45, 2.75) is 17.9 Å². The summed E-state index contributed by atoms with van der Waals surface area (Å²) in [6.07, 6.45) is 1.02. The molecule has 1 saturated heterocycles. The second kappa shape index (κ2) is 8.11. The third-order valence-electron chi connectivity index (χ3n) is 3.81. The number of benzene rings is 1. The van der Waals surface area contributed by atoms with E-state index in [1.54, 1.807) is 30.0 Å². The van der Waals surface area contributed by atoms with Gasteiger partial charge in [0.05, 0.1) is 11.5 Å². The molecule has 1 aliphatic heterocycles. The van der Waals surface area contributed by atoms with Crippen LogP contribution in [0.1, 0.15) is 6.92 Å². The first-order valence-electron chi connectivity index (χ1n) is 7.63. The van der Waals surface area contributed by atoms with E-state index in [-0.39, 0.29) is 23.9 Å². The molecular formula is C16H21ClN2O4S. The second-order valence-electron chi connectivity index (χ2n) is 5.45. The predicted molar refractivity (Wildman–Crippen MR) is 92.4 cm³/mol. The summed E-state index contributed by atoms with van der Waals surface area (Å²) in [5, 5.41) is 0.484. The van der Waals surface area contributed by atoms with Crippen LogP contribution < -0.4 is 0 Å². The largest absolute Gasteiger partial charge is 0.365 e. The zero-order valence-electron chi connectivity index (χ0n) is 13.5. The van der Waals surface area contributed by atoms with Crippen LogP contribution in [0.5, 0.6) is 0 Å². The molecule has 2 rings (SSSR count). The first-order valence-corrected chi connectivity index (χ1v) is 9.45.